The van der Waals surface area contributed by atoms with Crippen LogP contribution in [0.2, 0.25) is 0 Å². The fraction of sp³-hybridized carbons (Fsp3) is 0.556. The van der Waals surface area contributed by atoms with Crippen molar-refractivity contribution in [3.63, 3.8) is 0 Å². The Balaban J connectivity index is 1.45. The number of fused-ring (bicyclic) bond motifs is 1. The predicted molar refractivity (Wildman–Crippen MR) is 118 cm³/mol. The van der Waals surface area contributed by atoms with Crippen LogP contribution in [0.1, 0.15) is 76.7 Å². The molecule has 1 nitrogen and oxygen atoms in total. The average molecular weight is 377 g/mol. The van der Waals surface area contributed by atoms with Crippen molar-refractivity contribution in [2.45, 2.75) is 77.6 Å². The van der Waals surface area contributed by atoms with E-state index in [9.17, 15) is 5.11 Å². The summed E-state index contributed by atoms with van der Waals surface area (Å²) in [5, 5.41) is 9.51. The monoisotopic (exact) mass is 376 g/mol. The standard InChI is InChI=1S/C27H36O/c1-20-6-3-4-7-22(20)12-13-23-8-5-19-27(2)24(15-18-26(23)27)14-9-21-10-16-25(28)17-11-21/h10-13,16-17,24,26,28H,1,3-9,14-15,18-19H2,2H3/b22-12-,23-13+. The lowest BCUT2D eigenvalue weighted by atomic mass is 9.62. The van der Waals surface area contributed by atoms with Gasteiger partial charge < -0.3 is 5.11 Å². The third-order valence-electron chi connectivity index (χ3n) is 8.01. The Hall–Kier alpha value is -1.76. The van der Waals surface area contributed by atoms with E-state index in [4.69, 9.17) is 0 Å². The van der Waals surface area contributed by atoms with Crippen molar-refractivity contribution in [3.05, 3.63) is 65.3 Å². The predicted octanol–water partition coefficient (Wildman–Crippen LogP) is 7.52. The maximum atomic E-state index is 9.51. The number of allylic oxidation sites excluding steroid dienone is 5. The van der Waals surface area contributed by atoms with Gasteiger partial charge in [-0.15, -0.1) is 0 Å². The molecule has 3 atom stereocenters. The molecular weight excluding hydrogens is 340 g/mol. The molecule has 3 saturated carbocycles. The Morgan fingerprint density at radius 2 is 1.82 bits per heavy atom. The van der Waals surface area contributed by atoms with Gasteiger partial charge in [0.05, 0.1) is 0 Å². The first-order valence-corrected chi connectivity index (χ1v) is 11.4. The van der Waals surface area contributed by atoms with Crippen LogP contribution in [0.15, 0.2) is 59.7 Å². The van der Waals surface area contributed by atoms with E-state index in [2.05, 4.69) is 37.8 Å². The molecule has 4 rings (SSSR count). The summed E-state index contributed by atoms with van der Waals surface area (Å²) < 4.78 is 0. The summed E-state index contributed by atoms with van der Waals surface area (Å²) >= 11 is 0. The van der Waals surface area contributed by atoms with Crippen molar-refractivity contribution < 1.29 is 5.11 Å². The van der Waals surface area contributed by atoms with E-state index in [1.807, 2.05) is 12.1 Å². The summed E-state index contributed by atoms with van der Waals surface area (Å²) in [5.74, 6) is 1.97. The minimum Gasteiger partial charge on any atom is -0.508 e. The molecule has 1 aromatic carbocycles. The summed E-state index contributed by atoms with van der Waals surface area (Å²) in [4.78, 5) is 0. The Morgan fingerprint density at radius 1 is 1.04 bits per heavy atom. The molecule has 3 aliphatic rings. The Labute approximate surface area is 171 Å². The van der Waals surface area contributed by atoms with Crippen LogP contribution in [0.3, 0.4) is 0 Å². The minimum absolute atomic E-state index is 0.369. The number of hydrogen-bond acceptors (Lipinski definition) is 1. The van der Waals surface area contributed by atoms with Gasteiger partial charge in [-0.05, 0) is 111 Å². The van der Waals surface area contributed by atoms with Crippen LogP contribution in [-0.2, 0) is 6.42 Å². The molecule has 3 aliphatic carbocycles. The van der Waals surface area contributed by atoms with Crippen LogP contribution in [0, 0.1) is 17.3 Å². The highest BCUT2D eigenvalue weighted by Gasteiger charge is 2.48. The molecule has 0 bridgehead atoms. The van der Waals surface area contributed by atoms with Gasteiger partial charge in [0, 0.05) is 0 Å². The second kappa shape index (κ2) is 8.31. The zero-order valence-electron chi connectivity index (χ0n) is 17.6. The van der Waals surface area contributed by atoms with Crippen LogP contribution in [-0.4, -0.2) is 5.11 Å². The maximum absolute atomic E-state index is 9.51. The number of hydrogen-bond donors (Lipinski definition) is 1. The number of aryl methyl sites for hydroxylation is 1. The molecule has 0 saturated heterocycles. The molecule has 1 aromatic rings. The van der Waals surface area contributed by atoms with Crippen LogP contribution in [0.4, 0.5) is 0 Å². The van der Waals surface area contributed by atoms with Gasteiger partial charge in [-0.1, -0.05) is 48.9 Å². The number of aromatic hydroxyl groups is 1. The fourth-order valence-electron chi connectivity index (χ4n) is 6.22. The lowest BCUT2D eigenvalue weighted by molar-refractivity contribution is 0.129. The van der Waals surface area contributed by atoms with Gasteiger partial charge in [-0.2, -0.15) is 0 Å². The summed E-state index contributed by atoms with van der Waals surface area (Å²) in [6.45, 7) is 6.87. The van der Waals surface area contributed by atoms with Gasteiger partial charge >= 0.3 is 0 Å². The molecule has 1 N–H and O–H groups in total. The molecule has 3 fully saturated rings. The van der Waals surface area contributed by atoms with Crippen LogP contribution >= 0.6 is 0 Å². The molecule has 0 radical (unpaired) electrons. The van der Waals surface area contributed by atoms with Crippen molar-refractivity contribution in [2.24, 2.45) is 17.3 Å². The van der Waals surface area contributed by atoms with Gasteiger partial charge in [-0.25, -0.2) is 0 Å². The molecular formula is C27H36O. The molecule has 0 spiro atoms. The summed E-state index contributed by atoms with van der Waals surface area (Å²) in [6.07, 6.45) is 19.2. The van der Waals surface area contributed by atoms with Gasteiger partial charge in [0.2, 0.25) is 0 Å². The SMILES string of the molecule is C=C1CCCC/C1=C/C=C1\CCCC2(C)C(CCc3ccc(O)cc3)CCC12. The number of phenolic OH excluding ortho intramolecular Hbond substituents is 1. The summed E-state index contributed by atoms with van der Waals surface area (Å²) in [5.41, 5.74) is 6.43. The first-order valence-electron chi connectivity index (χ1n) is 11.4. The van der Waals surface area contributed by atoms with Crippen LogP contribution in [0.25, 0.3) is 0 Å². The van der Waals surface area contributed by atoms with E-state index >= 15 is 0 Å². The summed E-state index contributed by atoms with van der Waals surface area (Å²) in [6, 6.07) is 7.81. The van der Waals surface area contributed by atoms with Crippen molar-refractivity contribution in [2.75, 3.05) is 0 Å². The van der Waals surface area contributed by atoms with Crippen molar-refractivity contribution >= 4 is 0 Å². The van der Waals surface area contributed by atoms with E-state index in [0.717, 1.165) is 18.3 Å². The van der Waals surface area contributed by atoms with Crippen molar-refractivity contribution in [3.8, 4) is 5.75 Å². The van der Waals surface area contributed by atoms with Crippen molar-refractivity contribution in [1.29, 1.82) is 0 Å². The summed E-state index contributed by atoms with van der Waals surface area (Å²) in [7, 11) is 0. The zero-order valence-corrected chi connectivity index (χ0v) is 17.6. The van der Waals surface area contributed by atoms with Crippen LogP contribution < -0.4 is 0 Å². The maximum Gasteiger partial charge on any atom is 0.115 e. The quantitative estimate of drug-likeness (QED) is 0.576. The van der Waals surface area contributed by atoms with E-state index in [1.54, 1.807) is 5.57 Å². The molecule has 28 heavy (non-hydrogen) atoms. The lowest BCUT2D eigenvalue weighted by Crippen LogP contribution is -2.33. The van der Waals surface area contributed by atoms with Gasteiger partial charge in [0.1, 0.15) is 5.75 Å². The van der Waals surface area contributed by atoms with E-state index < -0.39 is 0 Å². The second-order valence-corrected chi connectivity index (χ2v) is 9.64. The molecule has 0 heterocycles. The van der Waals surface area contributed by atoms with E-state index in [0.29, 0.717) is 11.2 Å². The van der Waals surface area contributed by atoms with E-state index in [-0.39, 0.29) is 0 Å². The van der Waals surface area contributed by atoms with Gasteiger partial charge in [0.15, 0.2) is 0 Å². The normalized spacial score (nSPS) is 33.4. The molecule has 0 aliphatic heterocycles. The Kier molecular flexibility index (Phi) is 5.80. The highest BCUT2D eigenvalue weighted by atomic mass is 16.3. The molecule has 0 amide bonds. The third kappa shape index (κ3) is 4.00. The highest BCUT2D eigenvalue weighted by Crippen LogP contribution is 2.58. The first kappa shape index (κ1) is 19.6. The van der Waals surface area contributed by atoms with E-state index in [1.165, 1.54) is 80.9 Å². The average Bonchev–Trinajstić information content (AvgIpc) is 3.04. The largest absolute Gasteiger partial charge is 0.508 e. The molecule has 150 valence electrons. The fourth-order valence-corrected chi connectivity index (χ4v) is 6.22. The minimum atomic E-state index is 0.369. The third-order valence-corrected chi connectivity index (χ3v) is 8.01. The van der Waals surface area contributed by atoms with Crippen molar-refractivity contribution in [1.82, 2.24) is 0 Å². The molecule has 0 aromatic heterocycles. The topological polar surface area (TPSA) is 20.2 Å². The Bertz CT molecular complexity index is 766. The highest BCUT2D eigenvalue weighted by molar-refractivity contribution is 5.35. The number of phenols is 1. The molecule has 3 unspecified atom stereocenters. The van der Waals surface area contributed by atoms with Gasteiger partial charge in [-0.3, -0.25) is 0 Å². The second-order valence-electron chi connectivity index (χ2n) is 9.64. The number of rotatable bonds is 4. The van der Waals surface area contributed by atoms with Gasteiger partial charge in [0.25, 0.3) is 0 Å². The smallest absolute Gasteiger partial charge is 0.115 e. The van der Waals surface area contributed by atoms with Crippen LogP contribution in [0.5, 0.6) is 5.75 Å². The Morgan fingerprint density at radius 3 is 2.61 bits per heavy atom. The number of benzene rings is 1. The molecule has 1 heteroatoms. The lowest BCUT2D eigenvalue weighted by Gasteiger charge is -2.42. The zero-order chi connectivity index (χ0) is 19.6. The first-order chi connectivity index (χ1) is 13.6.